The average Bonchev–Trinajstić information content (AvgIpc) is 3.57. The first-order chi connectivity index (χ1) is 17.7. The summed E-state index contributed by atoms with van der Waals surface area (Å²) >= 11 is 0. The van der Waals surface area contributed by atoms with E-state index in [1.165, 1.54) is 5.56 Å². The largest absolute Gasteiger partial charge is 0.458 e. The summed E-state index contributed by atoms with van der Waals surface area (Å²) in [5, 5.41) is 0. The number of hydrogen-bond donors (Lipinski definition) is 0. The monoisotopic (exact) mass is 468 g/mol. The Labute approximate surface area is 209 Å². The molecule has 0 saturated carbocycles. The number of para-hydroxylation sites is 2. The Hall–Kier alpha value is -4.70. The molecule has 0 N–H and O–H groups in total. The van der Waals surface area contributed by atoms with Gasteiger partial charge in [-0.3, -0.25) is 0 Å². The van der Waals surface area contributed by atoms with Gasteiger partial charge in [0.2, 0.25) is 11.6 Å². The predicted molar refractivity (Wildman–Crippen MR) is 146 cm³/mol. The van der Waals surface area contributed by atoms with Gasteiger partial charge in [0.05, 0.1) is 0 Å². The van der Waals surface area contributed by atoms with E-state index in [0.29, 0.717) is 5.89 Å². The summed E-state index contributed by atoms with van der Waals surface area (Å²) < 4.78 is 12.2. The quantitative estimate of drug-likeness (QED) is 0.238. The number of oxazole rings is 1. The number of ether oxygens (including phenoxy) is 1. The molecule has 0 amide bonds. The lowest BCUT2D eigenvalue weighted by Gasteiger charge is -2.26. The number of rotatable bonds is 6. The molecule has 6 rings (SSSR count). The van der Waals surface area contributed by atoms with Gasteiger partial charge in [0.15, 0.2) is 5.58 Å². The van der Waals surface area contributed by atoms with Crippen molar-refractivity contribution in [2.45, 2.75) is 12.6 Å². The predicted octanol–water partition coefficient (Wildman–Crippen LogP) is 7.85. The van der Waals surface area contributed by atoms with E-state index in [0.717, 1.165) is 39.1 Å². The molecule has 4 heteroatoms. The minimum absolute atomic E-state index is 0.632. The molecule has 2 heterocycles. The van der Waals surface area contributed by atoms with Crippen LogP contribution in [-0.4, -0.2) is 11.2 Å². The van der Waals surface area contributed by atoms with Crippen LogP contribution < -0.4 is 4.74 Å². The summed E-state index contributed by atoms with van der Waals surface area (Å²) in [4.78, 5) is 9.21. The third-order valence-electron chi connectivity index (χ3n) is 6.21. The van der Waals surface area contributed by atoms with Gasteiger partial charge < -0.3 is 9.15 Å². The summed E-state index contributed by atoms with van der Waals surface area (Å²) in [7, 11) is 0. The maximum Gasteiger partial charge on any atom is 0.246 e. The number of aliphatic imine (C=N–C) groups is 1. The van der Waals surface area contributed by atoms with Crippen LogP contribution in [0.5, 0.6) is 5.75 Å². The van der Waals surface area contributed by atoms with Crippen LogP contribution in [0.4, 0.5) is 0 Å². The summed E-state index contributed by atoms with van der Waals surface area (Å²) in [5.41, 5.74) is 6.15. The van der Waals surface area contributed by atoms with Crippen LogP contribution in [0.3, 0.4) is 0 Å². The lowest BCUT2D eigenvalue weighted by Crippen LogP contribution is -2.27. The van der Waals surface area contributed by atoms with Crippen LogP contribution in [0, 0.1) is 6.92 Å². The highest BCUT2D eigenvalue weighted by molar-refractivity contribution is 5.77. The molecule has 0 saturated heterocycles. The van der Waals surface area contributed by atoms with Crippen molar-refractivity contribution in [2.24, 2.45) is 4.99 Å². The SMILES string of the molecule is Cc1ccc(OC2(c3ccc(C=Cc4ccc(-c5nc6ccccc6o5)cc4)cc3)C=CC=N2)cc1. The second kappa shape index (κ2) is 9.16. The summed E-state index contributed by atoms with van der Waals surface area (Å²) in [6.45, 7) is 2.06. The molecule has 36 heavy (non-hydrogen) atoms. The Morgan fingerprint density at radius 1 is 0.778 bits per heavy atom. The lowest BCUT2D eigenvalue weighted by molar-refractivity contribution is 0.133. The molecule has 0 fully saturated rings. The third kappa shape index (κ3) is 4.37. The fourth-order valence-corrected chi connectivity index (χ4v) is 4.20. The summed E-state index contributed by atoms with van der Waals surface area (Å²) in [6, 6.07) is 32.3. The number of benzene rings is 4. The molecular formula is C32H24N2O2. The van der Waals surface area contributed by atoms with Gasteiger partial charge in [0.25, 0.3) is 0 Å². The Morgan fingerprint density at radius 3 is 2.14 bits per heavy atom. The van der Waals surface area contributed by atoms with Gasteiger partial charge in [-0.15, -0.1) is 0 Å². The van der Waals surface area contributed by atoms with Crippen LogP contribution in [0.1, 0.15) is 22.3 Å². The van der Waals surface area contributed by atoms with Gasteiger partial charge in [-0.2, -0.15) is 0 Å². The zero-order valence-electron chi connectivity index (χ0n) is 19.8. The highest BCUT2D eigenvalue weighted by Gasteiger charge is 2.32. The molecule has 4 aromatic carbocycles. The summed E-state index contributed by atoms with van der Waals surface area (Å²) in [5.74, 6) is 1.42. The molecule has 0 radical (unpaired) electrons. The molecule has 174 valence electrons. The normalized spacial score (nSPS) is 16.8. The van der Waals surface area contributed by atoms with E-state index in [2.05, 4.69) is 65.5 Å². The topological polar surface area (TPSA) is 47.6 Å². The van der Waals surface area contributed by atoms with Crippen LogP contribution in [-0.2, 0) is 5.72 Å². The molecule has 1 aliphatic rings. The second-order valence-corrected chi connectivity index (χ2v) is 8.81. The molecule has 4 nitrogen and oxygen atoms in total. The Kier molecular flexibility index (Phi) is 5.55. The molecule has 1 aromatic heterocycles. The minimum Gasteiger partial charge on any atom is -0.458 e. The fourth-order valence-electron chi connectivity index (χ4n) is 4.20. The molecule has 1 atom stereocenters. The van der Waals surface area contributed by atoms with Crippen molar-refractivity contribution < 1.29 is 9.15 Å². The Bertz CT molecular complexity index is 1540. The maximum atomic E-state index is 6.32. The fraction of sp³-hybridized carbons (Fsp3) is 0.0625. The van der Waals surface area contributed by atoms with E-state index < -0.39 is 5.72 Å². The summed E-state index contributed by atoms with van der Waals surface area (Å²) in [6.07, 6.45) is 9.88. The van der Waals surface area contributed by atoms with Crippen molar-refractivity contribution in [3.63, 3.8) is 0 Å². The lowest BCUT2D eigenvalue weighted by atomic mass is 10.0. The van der Waals surface area contributed by atoms with Crippen LogP contribution in [0.15, 0.2) is 119 Å². The van der Waals surface area contributed by atoms with Crippen molar-refractivity contribution in [3.05, 3.63) is 131 Å². The van der Waals surface area contributed by atoms with Gasteiger partial charge in [-0.05, 0) is 66.6 Å². The second-order valence-electron chi connectivity index (χ2n) is 8.81. The number of hydrogen-bond acceptors (Lipinski definition) is 4. The van der Waals surface area contributed by atoms with Crippen molar-refractivity contribution in [3.8, 4) is 17.2 Å². The van der Waals surface area contributed by atoms with Crippen molar-refractivity contribution >= 4 is 29.5 Å². The van der Waals surface area contributed by atoms with Gasteiger partial charge in [0.1, 0.15) is 11.3 Å². The average molecular weight is 469 g/mol. The van der Waals surface area contributed by atoms with E-state index >= 15 is 0 Å². The molecule has 0 bridgehead atoms. The zero-order valence-corrected chi connectivity index (χ0v) is 19.8. The first kappa shape index (κ1) is 21.8. The van der Waals surface area contributed by atoms with E-state index in [1.54, 1.807) is 6.21 Å². The van der Waals surface area contributed by atoms with E-state index in [-0.39, 0.29) is 0 Å². The van der Waals surface area contributed by atoms with E-state index in [4.69, 9.17) is 9.15 Å². The number of nitrogens with zero attached hydrogens (tertiary/aromatic N) is 2. The number of fused-ring (bicyclic) bond motifs is 1. The highest BCUT2D eigenvalue weighted by Crippen LogP contribution is 2.34. The van der Waals surface area contributed by atoms with Crippen molar-refractivity contribution in [2.75, 3.05) is 0 Å². The van der Waals surface area contributed by atoms with E-state index in [9.17, 15) is 0 Å². The zero-order chi connectivity index (χ0) is 24.4. The van der Waals surface area contributed by atoms with Crippen molar-refractivity contribution in [1.29, 1.82) is 0 Å². The molecule has 1 aliphatic heterocycles. The van der Waals surface area contributed by atoms with Gasteiger partial charge in [-0.25, -0.2) is 9.98 Å². The number of allylic oxidation sites excluding steroid dienone is 1. The smallest absolute Gasteiger partial charge is 0.246 e. The van der Waals surface area contributed by atoms with Gasteiger partial charge in [-0.1, -0.05) is 78.4 Å². The Morgan fingerprint density at radius 2 is 1.47 bits per heavy atom. The standard InChI is InChI=1S/C32H24N2O2/c1-23-7-19-28(20-8-23)36-32(21-4-22-33-32)27-17-13-25(14-18-27)10-9-24-11-15-26(16-12-24)31-34-29-5-2-3-6-30(29)35-31/h2-22H,1H3. The van der Waals surface area contributed by atoms with Crippen LogP contribution >= 0.6 is 0 Å². The van der Waals surface area contributed by atoms with Gasteiger partial charge in [0, 0.05) is 17.3 Å². The van der Waals surface area contributed by atoms with Gasteiger partial charge >= 0.3 is 0 Å². The molecule has 5 aromatic rings. The highest BCUT2D eigenvalue weighted by atomic mass is 16.5. The molecule has 0 spiro atoms. The minimum atomic E-state index is -0.835. The molecular weight excluding hydrogens is 444 g/mol. The van der Waals surface area contributed by atoms with Crippen LogP contribution in [0.2, 0.25) is 0 Å². The third-order valence-corrected chi connectivity index (χ3v) is 6.21. The van der Waals surface area contributed by atoms with E-state index in [1.807, 2.05) is 72.8 Å². The first-order valence-electron chi connectivity index (χ1n) is 11.9. The Balaban J connectivity index is 1.17. The van der Waals surface area contributed by atoms with Crippen molar-refractivity contribution in [1.82, 2.24) is 4.98 Å². The number of aromatic nitrogens is 1. The molecule has 0 aliphatic carbocycles. The molecule has 1 unspecified atom stereocenters. The maximum absolute atomic E-state index is 6.32. The van der Waals surface area contributed by atoms with Crippen LogP contribution in [0.25, 0.3) is 34.7 Å². The first-order valence-corrected chi connectivity index (χ1v) is 11.9. The number of aryl methyl sites for hydroxylation is 1.